The van der Waals surface area contributed by atoms with Crippen LogP contribution in [0.2, 0.25) is 0 Å². The molecule has 3 aromatic rings. The Bertz CT molecular complexity index is 1070. The van der Waals surface area contributed by atoms with E-state index in [4.69, 9.17) is 9.47 Å². The lowest BCUT2D eigenvalue weighted by Crippen LogP contribution is -2.36. The van der Waals surface area contributed by atoms with Gasteiger partial charge in [-0.05, 0) is 61.2 Å². The number of hydrogen-bond acceptors (Lipinski definition) is 5. The van der Waals surface area contributed by atoms with E-state index in [1.807, 2.05) is 51.1 Å². The number of benzene rings is 2. The van der Waals surface area contributed by atoms with Crippen LogP contribution in [0.3, 0.4) is 0 Å². The largest absolute Gasteiger partial charge is 0.497 e. The first kappa shape index (κ1) is 18.7. The molecule has 5 nitrogen and oxygen atoms in total. The molecule has 0 fully saturated rings. The summed E-state index contributed by atoms with van der Waals surface area (Å²) in [6.07, 6.45) is 0. The third kappa shape index (κ3) is 3.33. The van der Waals surface area contributed by atoms with Gasteiger partial charge in [0.05, 0.1) is 25.5 Å². The minimum atomic E-state index is -0.482. The van der Waals surface area contributed by atoms with Crippen LogP contribution in [0.15, 0.2) is 39.9 Å². The highest BCUT2D eigenvalue weighted by atomic mass is 16.5. The van der Waals surface area contributed by atoms with Gasteiger partial charge in [0.2, 0.25) is 10.9 Å². The van der Waals surface area contributed by atoms with Crippen molar-refractivity contribution in [1.82, 2.24) is 0 Å². The molecule has 27 heavy (non-hydrogen) atoms. The third-order valence-electron chi connectivity index (χ3n) is 4.96. The van der Waals surface area contributed by atoms with Gasteiger partial charge < -0.3 is 14.8 Å². The minimum absolute atomic E-state index is 0.349. The van der Waals surface area contributed by atoms with E-state index in [-0.39, 0.29) is 0 Å². The predicted octanol–water partition coefficient (Wildman–Crippen LogP) is 3.50. The Morgan fingerprint density at radius 3 is 2.22 bits per heavy atom. The fourth-order valence-corrected chi connectivity index (χ4v) is 3.25. The SMILES string of the molecule is COc1ccc(OC)c(CNc2c(-c3cc(C)c(C)cc3C)c(=O)c2=O)c1. The molecule has 0 aliphatic carbocycles. The minimum Gasteiger partial charge on any atom is -0.497 e. The van der Waals surface area contributed by atoms with Crippen LogP contribution in [0.5, 0.6) is 11.5 Å². The highest BCUT2D eigenvalue weighted by Crippen LogP contribution is 2.30. The number of rotatable bonds is 6. The highest BCUT2D eigenvalue weighted by Gasteiger charge is 2.24. The summed E-state index contributed by atoms with van der Waals surface area (Å²) >= 11 is 0. The monoisotopic (exact) mass is 365 g/mol. The molecule has 0 unspecified atom stereocenters. The van der Waals surface area contributed by atoms with E-state index in [1.165, 1.54) is 0 Å². The maximum absolute atomic E-state index is 12.3. The maximum atomic E-state index is 12.3. The summed E-state index contributed by atoms with van der Waals surface area (Å²) in [5, 5.41) is 3.13. The van der Waals surface area contributed by atoms with Gasteiger partial charge in [-0.3, -0.25) is 9.59 Å². The molecule has 140 valence electrons. The van der Waals surface area contributed by atoms with Gasteiger partial charge in [-0.15, -0.1) is 0 Å². The van der Waals surface area contributed by atoms with Crippen molar-refractivity contribution >= 4 is 5.69 Å². The predicted molar refractivity (Wildman–Crippen MR) is 108 cm³/mol. The first-order chi connectivity index (χ1) is 12.9. The smallest absolute Gasteiger partial charge is 0.250 e. The normalized spacial score (nSPS) is 10.9. The zero-order valence-corrected chi connectivity index (χ0v) is 16.2. The van der Waals surface area contributed by atoms with Gasteiger partial charge in [-0.1, -0.05) is 12.1 Å². The van der Waals surface area contributed by atoms with Crippen molar-refractivity contribution in [3.05, 3.63) is 73.0 Å². The van der Waals surface area contributed by atoms with E-state index in [0.717, 1.165) is 27.8 Å². The number of ether oxygens (including phenoxy) is 2. The van der Waals surface area contributed by atoms with Crippen LogP contribution in [-0.4, -0.2) is 14.2 Å². The third-order valence-corrected chi connectivity index (χ3v) is 4.96. The highest BCUT2D eigenvalue weighted by molar-refractivity contribution is 5.84. The Morgan fingerprint density at radius 2 is 1.56 bits per heavy atom. The van der Waals surface area contributed by atoms with Gasteiger partial charge >= 0.3 is 0 Å². The first-order valence-corrected chi connectivity index (χ1v) is 8.73. The molecule has 0 aromatic heterocycles. The molecular weight excluding hydrogens is 342 g/mol. The molecule has 0 spiro atoms. The lowest BCUT2D eigenvalue weighted by Gasteiger charge is -2.17. The molecule has 0 aliphatic heterocycles. The molecule has 5 heteroatoms. The molecule has 0 amide bonds. The van der Waals surface area contributed by atoms with Crippen molar-refractivity contribution in [2.75, 3.05) is 19.5 Å². The summed E-state index contributed by atoms with van der Waals surface area (Å²) in [6.45, 7) is 6.33. The number of methoxy groups -OCH3 is 2. The van der Waals surface area contributed by atoms with Gasteiger partial charge in [0, 0.05) is 12.1 Å². The van der Waals surface area contributed by atoms with Crippen LogP contribution in [0.4, 0.5) is 5.69 Å². The fraction of sp³-hybridized carbons (Fsp3) is 0.273. The molecule has 0 radical (unpaired) electrons. The second kappa shape index (κ2) is 7.27. The molecular formula is C22H23NO4. The number of aryl methyl sites for hydroxylation is 3. The van der Waals surface area contributed by atoms with Crippen LogP contribution in [0.25, 0.3) is 11.1 Å². The van der Waals surface area contributed by atoms with E-state index < -0.39 is 10.9 Å². The molecule has 0 aliphatic rings. The van der Waals surface area contributed by atoms with Gasteiger partial charge in [0.25, 0.3) is 0 Å². The molecule has 0 saturated heterocycles. The van der Waals surface area contributed by atoms with E-state index in [1.54, 1.807) is 14.2 Å². The first-order valence-electron chi connectivity index (χ1n) is 8.73. The second-order valence-electron chi connectivity index (χ2n) is 6.69. The van der Waals surface area contributed by atoms with Crippen LogP contribution in [-0.2, 0) is 6.54 Å². The zero-order valence-electron chi connectivity index (χ0n) is 16.2. The van der Waals surface area contributed by atoms with Crippen LogP contribution < -0.4 is 25.6 Å². The molecule has 0 heterocycles. The summed E-state index contributed by atoms with van der Waals surface area (Å²) in [5.41, 5.74) is 4.77. The topological polar surface area (TPSA) is 64.6 Å². The van der Waals surface area contributed by atoms with Crippen LogP contribution >= 0.6 is 0 Å². The molecule has 3 aromatic carbocycles. The number of anilines is 1. The standard InChI is InChI=1S/C22H23NO4/c1-12-8-14(3)17(9-13(12)2)19-20(22(25)21(19)24)23-11-15-10-16(26-4)6-7-18(15)27-5/h6-10,23H,11H2,1-5H3. The molecule has 0 saturated carbocycles. The van der Waals surface area contributed by atoms with E-state index >= 15 is 0 Å². The van der Waals surface area contributed by atoms with E-state index in [9.17, 15) is 9.59 Å². The lowest BCUT2D eigenvalue weighted by atomic mass is 9.91. The van der Waals surface area contributed by atoms with Crippen molar-refractivity contribution < 1.29 is 9.47 Å². The Kier molecular flexibility index (Phi) is 5.04. The van der Waals surface area contributed by atoms with Gasteiger partial charge in [-0.2, -0.15) is 0 Å². The Hall–Kier alpha value is -3.08. The molecule has 0 atom stereocenters. The quantitative estimate of drug-likeness (QED) is 0.677. The Balaban J connectivity index is 1.95. The van der Waals surface area contributed by atoms with Gasteiger partial charge in [0.15, 0.2) is 0 Å². The van der Waals surface area contributed by atoms with E-state index in [2.05, 4.69) is 5.32 Å². The average molecular weight is 365 g/mol. The van der Waals surface area contributed by atoms with E-state index in [0.29, 0.717) is 29.3 Å². The van der Waals surface area contributed by atoms with Gasteiger partial charge in [-0.25, -0.2) is 0 Å². The summed E-state index contributed by atoms with van der Waals surface area (Å²) < 4.78 is 10.6. The van der Waals surface area contributed by atoms with Crippen molar-refractivity contribution in [2.24, 2.45) is 0 Å². The molecule has 3 rings (SSSR count). The zero-order chi connectivity index (χ0) is 19.7. The van der Waals surface area contributed by atoms with Crippen LogP contribution in [0.1, 0.15) is 22.3 Å². The summed E-state index contributed by atoms with van der Waals surface area (Å²) in [5.74, 6) is 1.38. The lowest BCUT2D eigenvalue weighted by molar-refractivity contribution is 0.399. The fourth-order valence-electron chi connectivity index (χ4n) is 3.25. The summed E-state index contributed by atoms with van der Waals surface area (Å²) in [6, 6.07) is 9.47. The second-order valence-corrected chi connectivity index (χ2v) is 6.69. The number of hydrogen-bond donors (Lipinski definition) is 1. The van der Waals surface area contributed by atoms with Crippen molar-refractivity contribution in [3.63, 3.8) is 0 Å². The molecule has 1 N–H and O–H groups in total. The average Bonchev–Trinajstić information content (AvgIpc) is 2.67. The van der Waals surface area contributed by atoms with Crippen molar-refractivity contribution in [2.45, 2.75) is 27.3 Å². The van der Waals surface area contributed by atoms with Crippen molar-refractivity contribution in [3.8, 4) is 22.6 Å². The summed E-state index contributed by atoms with van der Waals surface area (Å²) in [7, 11) is 3.18. The number of nitrogens with one attached hydrogen (secondary N) is 1. The van der Waals surface area contributed by atoms with Crippen molar-refractivity contribution in [1.29, 1.82) is 0 Å². The maximum Gasteiger partial charge on any atom is 0.250 e. The Morgan fingerprint density at radius 1 is 0.852 bits per heavy atom. The van der Waals surface area contributed by atoms with Crippen LogP contribution in [0, 0.1) is 20.8 Å². The summed E-state index contributed by atoms with van der Waals surface area (Å²) in [4.78, 5) is 24.4. The Labute approximate surface area is 158 Å². The van der Waals surface area contributed by atoms with Gasteiger partial charge in [0.1, 0.15) is 11.5 Å². The molecule has 0 bridgehead atoms.